The second-order valence-electron chi connectivity index (χ2n) is 6.76. The Morgan fingerprint density at radius 2 is 1.60 bits per heavy atom. The first-order valence-corrected chi connectivity index (χ1v) is 19.2. The van der Waals surface area contributed by atoms with E-state index in [1.165, 1.54) is 0 Å². The fourth-order valence-electron chi connectivity index (χ4n) is 3.76. The third kappa shape index (κ3) is 2.70. The molecule has 108 valence electrons. The van der Waals surface area contributed by atoms with Gasteiger partial charge >= 0.3 is 133 Å². The van der Waals surface area contributed by atoms with Gasteiger partial charge in [0.2, 0.25) is 0 Å². The average molecular weight is 451 g/mol. The zero-order valence-electron chi connectivity index (χ0n) is 14.3. The van der Waals surface area contributed by atoms with Crippen molar-refractivity contribution in [2.24, 2.45) is 11.8 Å². The van der Waals surface area contributed by atoms with Crippen molar-refractivity contribution >= 4 is 5.49 Å². The van der Waals surface area contributed by atoms with Crippen molar-refractivity contribution in [3.63, 3.8) is 0 Å². The number of allylic oxidation sites excluding steroid dienone is 8. The van der Waals surface area contributed by atoms with Gasteiger partial charge < -0.3 is 0 Å². The van der Waals surface area contributed by atoms with Gasteiger partial charge in [-0.2, -0.15) is 0 Å². The summed E-state index contributed by atoms with van der Waals surface area (Å²) < 4.78 is 3.85. The summed E-state index contributed by atoms with van der Waals surface area (Å²) >= 11 is -1.85. The zero-order chi connectivity index (χ0) is 15.2. The molecule has 0 N–H and O–H groups in total. The van der Waals surface area contributed by atoms with E-state index in [4.69, 9.17) is 0 Å². The summed E-state index contributed by atoms with van der Waals surface area (Å²) in [6.07, 6.45) is 4.97. The van der Waals surface area contributed by atoms with Gasteiger partial charge in [0.05, 0.1) is 0 Å². The molecular formula is C18H28HfSi. The Morgan fingerprint density at radius 3 is 1.95 bits per heavy atom. The number of hydrogen-bond donors (Lipinski definition) is 0. The zero-order valence-corrected chi connectivity index (χ0v) is 18.9. The molecule has 2 aliphatic carbocycles. The Balaban J connectivity index is 2.60. The van der Waals surface area contributed by atoms with Crippen LogP contribution in [0.3, 0.4) is 0 Å². The van der Waals surface area contributed by atoms with E-state index in [1.54, 1.807) is 22.3 Å². The predicted molar refractivity (Wildman–Crippen MR) is 88.7 cm³/mol. The van der Waals surface area contributed by atoms with Crippen molar-refractivity contribution < 1.29 is 20.1 Å². The molecule has 0 spiro atoms. The number of hydrogen-bond acceptors (Lipinski definition) is 0. The molecule has 0 aromatic rings. The summed E-state index contributed by atoms with van der Waals surface area (Å²) in [7, 11) is 0. The summed E-state index contributed by atoms with van der Waals surface area (Å²) in [6.45, 7) is 19.4. The average Bonchev–Trinajstić information content (AvgIpc) is 2.72. The first kappa shape index (κ1) is 16.4. The van der Waals surface area contributed by atoms with Gasteiger partial charge in [-0.25, -0.2) is 0 Å². The second-order valence-corrected chi connectivity index (χ2v) is 30.2. The molecule has 2 atom stereocenters. The molecule has 0 nitrogen and oxygen atoms in total. The van der Waals surface area contributed by atoms with Crippen molar-refractivity contribution in [3.05, 3.63) is 41.1 Å². The Hall–Kier alpha value is 0.0470. The van der Waals surface area contributed by atoms with Gasteiger partial charge in [-0.1, -0.05) is 0 Å². The van der Waals surface area contributed by atoms with Gasteiger partial charge in [0.25, 0.3) is 0 Å². The first-order chi connectivity index (χ1) is 9.25. The summed E-state index contributed by atoms with van der Waals surface area (Å²) in [5, 5.41) is 0. The van der Waals surface area contributed by atoms with Crippen LogP contribution in [0.5, 0.6) is 0 Å². The Kier molecular flexibility index (Phi) is 4.96. The van der Waals surface area contributed by atoms with Crippen molar-refractivity contribution in [1.29, 1.82) is 0 Å². The minimum atomic E-state index is -1.85. The Morgan fingerprint density at radius 1 is 1.00 bits per heavy atom. The van der Waals surface area contributed by atoms with Gasteiger partial charge in [-0.05, 0) is 0 Å². The first-order valence-electron chi connectivity index (χ1n) is 7.72. The van der Waals surface area contributed by atoms with Crippen LogP contribution in [0.2, 0.25) is 13.1 Å². The molecule has 0 radical (unpaired) electrons. The summed E-state index contributed by atoms with van der Waals surface area (Å²) in [5.74, 6) is 1.44. The molecule has 0 aliphatic heterocycles. The molecule has 0 saturated heterocycles. The molecule has 2 unspecified atom stereocenters. The molecular weight excluding hydrogens is 423 g/mol. The summed E-state index contributed by atoms with van der Waals surface area (Å²) in [4.78, 5) is 0. The standard InChI is InChI=1S/2C8H11.C2H6Si.Hf/c2*1-6-4-7(2)8(3)5-6;1-3-2;/h4,8H,1-3H3;4,6H,1-3H3;1-2H3;. The van der Waals surface area contributed by atoms with Crippen LogP contribution in [-0.2, 0) is 20.1 Å². The monoisotopic (exact) mass is 452 g/mol. The van der Waals surface area contributed by atoms with E-state index in [-0.39, 0.29) is 5.49 Å². The van der Waals surface area contributed by atoms with Crippen LogP contribution >= 0.6 is 0 Å². The van der Waals surface area contributed by atoms with Crippen molar-refractivity contribution in [2.75, 3.05) is 0 Å². The molecule has 0 amide bonds. The van der Waals surface area contributed by atoms with Crippen LogP contribution in [-0.4, -0.2) is 5.49 Å². The van der Waals surface area contributed by atoms with Crippen LogP contribution in [0.1, 0.15) is 41.5 Å². The van der Waals surface area contributed by atoms with E-state index in [0.717, 1.165) is 5.92 Å². The van der Waals surface area contributed by atoms with Crippen LogP contribution in [0, 0.1) is 11.8 Å². The van der Waals surface area contributed by atoms with E-state index < -0.39 is 20.1 Å². The van der Waals surface area contributed by atoms with Crippen molar-refractivity contribution in [2.45, 2.75) is 54.6 Å². The fourth-order valence-corrected chi connectivity index (χ4v) is 32.3. The van der Waals surface area contributed by atoms with E-state index in [0.29, 0.717) is 5.92 Å². The molecule has 0 aromatic heterocycles. The van der Waals surface area contributed by atoms with Crippen LogP contribution in [0.25, 0.3) is 0 Å². The molecule has 20 heavy (non-hydrogen) atoms. The van der Waals surface area contributed by atoms with Crippen molar-refractivity contribution in [3.8, 4) is 0 Å². The quantitative estimate of drug-likeness (QED) is 0.481. The van der Waals surface area contributed by atoms with Crippen LogP contribution in [0.15, 0.2) is 41.1 Å². The topological polar surface area (TPSA) is 0 Å². The van der Waals surface area contributed by atoms with Gasteiger partial charge in [0, 0.05) is 0 Å². The van der Waals surface area contributed by atoms with E-state index in [9.17, 15) is 0 Å². The van der Waals surface area contributed by atoms with Gasteiger partial charge in [-0.3, -0.25) is 0 Å². The second kappa shape index (κ2) is 6.04. The molecule has 0 bridgehead atoms. The normalized spacial score (nSPS) is 26.2. The molecule has 0 aromatic carbocycles. The molecule has 2 aliphatic rings. The molecule has 2 rings (SSSR count). The SMILES string of the molecule is CC1=CC(C)[C]([Hf]([C]2=C(C)C=C(C)C2C)=[Si](C)C)=C1C. The third-order valence-corrected chi connectivity index (χ3v) is 31.0. The Labute approximate surface area is 132 Å². The van der Waals surface area contributed by atoms with E-state index in [1.807, 2.05) is 6.66 Å². The van der Waals surface area contributed by atoms with Crippen LogP contribution < -0.4 is 0 Å². The Bertz CT molecular complexity index is 607. The molecule has 2 heteroatoms. The maximum atomic E-state index is 2.58. The minimum absolute atomic E-state index is 0.185. The summed E-state index contributed by atoms with van der Waals surface area (Å²) in [6, 6.07) is 0. The van der Waals surface area contributed by atoms with Crippen LogP contribution in [0.4, 0.5) is 0 Å². The number of rotatable bonds is 2. The predicted octanol–water partition coefficient (Wildman–Crippen LogP) is 5.60. The van der Waals surface area contributed by atoms with Gasteiger partial charge in [0.1, 0.15) is 0 Å². The van der Waals surface area contributed by atoms with Gasteiger partial charge in [0.15, 0.2) is 0 Å². The van der Waals surface area contributed by atoms with Crippen molar-refractivity contribution in [1.82, 2.24) is 0 Å². The third-order valence-electron chi connectivity index (χ3n) is 4.97. The van der Waals surface area contributed by atoms with E-state index >= 15 is 0 Å². The maximum absolute atomic E-state index is 2.58. The molecule has 0 heterocycles. The van der Waals surface area contributed by atoms with Gasteiger partial charge in [-0.15, -0.1) is 0 Å². The van der Waals surface area contributed by atoms with E-state index in [2.05, 4.69) is 66.8 Å². The summed E-state index contributed by atoms with van der Waals surface area (Å²) in [5.41, 5.74) is 6.24. The molecule has 0 fully saturated rings. The fraction of sp³-hybridized carbons (Fsp3) is 0.556. The molecule has 0 saturated carbocycles.